The zero-order valence-electron chi connectivity index (χ0n) is 23.2. The van der Waals surface area contributed by atoms with Crippen LogP contribution in [0.15, 0.2) is 65.5 Å². The molecule has 2 aromatic carbocycles. The topological polar surface area (TPSA) is 128 Å². The van der Waals surface area contributed by atoms with Crippen LogP contribution >= 0.6 is 0 Å². The molecule has 3 rings (SSSR count). The number of nitrogens with two attached hydrogens (primary N) is 1. The molecular weight excluding hydrogens is 562 g/mol. The molecule has 0 bridgehead atoms. The Bertz CT molecular complexity index is 1390. The first-order chi connectivity index (χ1) is 19.9. The van der Waals surface area contributed by atoms with Gasteiger partial charge in [0.1, 0.15) is 28.5 Å². The first-order valence-corrected chi connectivity index (χ1v) is 12.6. The average molecular weight is 594 g/mol. The van der Waals surface area contributed by atoms with Crippen molar-refractivity contribution in [3.63, 3.8) is 0 Å². The minimum atomic E-state index is -4.98. The first-order valence-electron chi connectivity index (χ1n) is 12.6. The van der Waals surface area contributed by atoms with E-state index in [1.165, 1.54) is 31.4 Å². The Morgan fingerprint density at radius 2 is 1.79 bits per heavy atom. The van der Waals surface area contributed by atoms with Crippen LogP contribution in [-0.2, 0) is 4.74 Å². The molecule has 0 atom stereocenters. The Morgan fingerprint density at radius 3 is 2.38 bits per heavy atom. The van der Waals surface area contributed by atoms with Gasteiger partial charge in [0.25, 0.3) is 5.91 Å². The monoisotopic (exact) mass is 593 g/mol. The number of esters is 1. The molecule has 4 N–H and O–H groups in total. The van der Waals surface area contributed by atoms with Crippen molar-refractivity contribution in [1.82, 2.24) is 10.2 Å². The molecule has 0 aliphatic carbocycles. The van der Waals surface area contributed by atoms with E-state index < -0.39 is 41.3 Å². The summed E-state index contributed by atoms with van der Waals surface area (Å²) in [6.07, 6.45) is -3.10. The fraction of sp³-hybridized carbons (Fsp3) is 0.321. The van der Waals surface area contributed by atoms with E-state index in [2.05, 4.69) is 31.8 Å². The SMILES string of the molecule is C=C/C(=C(\N=C(/N)Nc1cc(F)c(C(=O)NC2CCN(C)CC2)cc1OC)Oc1ccccc1C(=O)OC)C(F)(F)F. The van der Waals surface area contributed by atoms with E-state index in [1.54, 1.807) is 0 Å². The highest BCUT2D eigenvalue weighted by molar-refractivity contribution is 5.98. The summed E-state index contributed by atoms with van der Waals surface area (Å²) in [5, 5.41) is 5.27. The van der Waals surface area contributed by atoms with Crippen LogP contribution in [0.3, 0.4) is 0 Å². The maximum atomic E-state index is 15.0. The second-order valence-corrected chi connectivity index (χ2v) is 9.22. The molecule has 1 fully saturated rings. The zero-order chi connectivity index (χ0) is 31.0. The largest absolute Gasteiger partial charge is 0.495 e. The maximum Gasteiger partial charge on any atom is 0.421 e. The van der Waals surface area contributed by atoms with Gasteiger partial charge in [0, 0.05) is 12.1 Å². The minimum Gasteiger partial charge on any atom is -0.495 e. The van der Waals surface area contributed by atoms with Crippen molar-refractivity contribution in [2.75, 3.05) is 39.7 Å². The van der Waals surface area contributed by atoms with Crippen LogP contribution in [-0.4, -0.2) is 69.3 Å². The van der Waals surface area contributed by atoms with Crippen molar-refractivity contribution < 1.29 is 41.4 Å². The van der Waals surface area contributed by atoms with Crippen LogP contribution in [0.1, 0.15) is 33.6 Å². The van der Waals surface area contributed by atoms with Gasteiger partial charge in [-0.2, -0.15) is 18.2 Å². The number of alkyl halides is 3. The number of carbonyl (C=O) groups is 2. The number of rotatable bonds is 9. The Labute approximate surface area is 239 Å². The van der Waals surface area contributed by atoms with Crippen LogP contribution in [0.5, 0.6) is 11.5 Å². The third-order valence-electron chi connectivity index (χ3n) is 6.31. The van der Waals surface area contributed by atoms with Gasteiger partial charge in [-0.15, -0.1) is 0 Å². The van der Waals surface area contributed by atoms with Gasteiger partial charge >= 0.3 is 12.1 Å². The highest BCUT2D eigenvalue weighted by Crippen LogP contribution is 2.33. The molecule has 1 heterocycles. The van der Waals surface area contributed by atoms with E-state index in [1.807, 2.05) is 7.05 Å². The number of allylic oxidation sites excluding steroid dienone is 2. The normalized spacial score (nSPS) is 15.4. The molecule has 1 aliphatic heterocycles. The van der Waals surface area contributed by atoms with Gasteiger partial charge in [0.15, 0.2) is 0 Å². The van der Waals surface area contributed by atoms with Gasteiger partial charge in [-0.05, 0) is 51.2 Å². The number of benzene rings is 2. The highest BCUT2D eigenvalue weighted by Gasteiger charge is 2.36. The van der Waals surface area contributed by atoms with Gasteiger partial charge in [-0.25, -0.2) is 9.18 Å². The number of nitrogens with zero attached hydrogens (tertiary/aromatic N) is 2. The zero-order valence-corrected chi connectivity index (χ0v) is 23.2. The number of aliphatic imine (C=N–C) groups is 1. The second-order valence-electron chi connectivity index (χ2n) is 9.22. The summed E-state index contributed by atoms with van der Waals surface area (Å²) in [5.41, 5.74) is 3.89. The van der Waals surface area contributed by atoms with Gasteiger partial charge in [-0.1, -0.05) is 24.8 Å². The van der Waals surface area contributed by atoms with Gasteiger partial charge in [0.2, 0.25) is 11.8 Å². The van der Waals surface area contributed by atoms with Gasteiger partial charge in [0.05, 0.1) is 25.5 Å². The molecule has 0 radical (unpaired) electrons. The van der Waals surface area contributed by atoms with Crippen LogP contribution in [0.4, 0.5) is 23.2 Å². The highest BCUT2D eigenvalue weighted by atomic mass is 19.4. The number of guanidine groups is 1. The number of likely N-dealkylation sites (tertiary alicyclic amines) is 1. The summed E-state index contributed by atoms with van der Waals surface area (Å²) in [6, 6.07) is 7.31. The van der Waals surface area contributed by atoms with Crippen molar-refractivity contribution in [1.29, 1.82) is 0 Å². The van der Waals surface area contributed by atoms with Crippen molar-refractivity contribution in [3.8, 4) is 11.5 Å². The lowest BCUT2D eigenvalue weighted by atomic mass is 10.0. The summed E-state index contributed by atoms with van der Waals surface area (Å²) < 4.78 is 71.8. The maximum absolute atomic E-state index is 15.0. The number of ether oxygens (including phenoxy) is 3. The van der Waals surface area contributed by atoms with E-state index in [-0.39, 0.29) is 34.4 Å². The molecular formula is C28H31F4N5O5. The fourth-order valence-electron chi connectivity index (χ4n) is 4.09. The number of methoxy groups -OCH3 is 2. The molecule has 0 aromatic heterocycles. The first kappa shape index (κ1) is 31.9. The Kier molecular flexibility index (Phi) is 10.5. The van der Waals surface area contributed by atoms with Gasteiger partial charge < -0.3 is 35.5 Å². The minimum absolute atomic E-state index is 0.0367. The Morgan fingerprint density at radius 1 is 1.12 bits per heavy atom. The third-order valence-corrected chi connectivity index (χ3v) is 6.31. The van der Waals surface area contributed by atoms with E-state index in [0.29, 0.717) is 18.9 Å². The molecule has 1 saturated heterocycles. The fourth-order valence-corrected chi connectivity index (χ4v) is 4.09. The summed E-state index contributed by atoms with van der Waals surface area (Å²) in [6.45, 7) is 4.75. The lowest BCUT2D eigenvalue weighted by Crippen LogP contribution is -2.43. The number of halogens is 4. The average Bonchev–Trinajstić information content (AvgIpc) is 2.93. The number of para-hydroxylation sites is 1. The van der Waals surface area contributed by atoms with Crippen LogP contribution in [0.25, 0.3) is 0 Å². The Hall–Kier alpha value is -4.59. The number of amides is 1. The van der Waals surface area contributed by atoms with Crippen molar-refractivity contribution in [3.05, 3.63) is 77.5 Å². The van der Waals surface area contributed by atoms with Crippen molar-refractivity contribution in [2.24, 2.45) is 10.7 Å². The predicted octanol–water partition coefficient (Wildman–Crippen LogP) is 4.21. The number of piperidine rings is 1. The summed E-state index contributed by atoms with van der Waals surface area (Å²) in [4.78, 5) is 30.7. The smallest absolute Gasteiger partial charge is 0.421 e. The number of hydrogen-bond acceptors (Lipinski definition) is 7. The molecule has 14 heteroatoms. The van der Waals surface area contributed by atoms with E-state index >= 15 is 4.39 Å². The molecule has 42 heavy (non-hydrogen) atoms. The van der Waals surface area contributed by atoms with Crippen LogP contribution in [0.2, 0.25) is 0 Å². The number of anilines is 1. The molecule has 2 aromatic rings. The second kappa shape index (κ2) is 13.9. The molecule has 0 spiro atoms. The number of hydrogen-bond donors (Lipinski definition) is 3. The summed E-state index contributed by atoms with van der Waals surface area (Å²) in [5.74, 6) is -4.51. The quantitative estimate of drug-likeness (QED) is 0.0986. The molecule has 10 nitrogen and oxygen atoms in total. The molecule has 1 amide bonds. The lowest BCUT2D eigenvalue weighted by molar-refractivity contribution is -0.0905. The standard InChI is InChI=1S/C28H31F4N5O5/c1-5-19(28(30,31)32)25(42-22-9-7-6-8-17(22)26(39)41-4)36-27(33)35-21-15-20(29)18(14-23(21)40-3)24(38)34-16-10-12-37(2)13-11-16/h5-9,14-16H,1,10-13H2,2-4H3,(H,34,38)(H3,33,35,36)/b25-19-. The summed E-state index contributed by atoms with van der Waals surface area (Å²) >= 11 is 0. The predicted molar refractivity (Wildman–Crippen MR) is 148 cm³/mol. The summed E-state index contributed by atoms with van der Waals surface area (Å²) in [7, 11) is 4.32. The molecule has 1 aliphatic rings. The molecule has 226 valence electrons. The van der Waals surface area contributed by atoms with Crippen LogP contribution in [0, 0.1) is 5.82 Å². The van der Waals surface area contributed by atoms with E-state index in [9.17, 15) is 22.8 Å². The molecule has 0 unspecified atom stereocenters. The van der Waals surface area contributed by atoms with Crippen molar-refractivity contribution in [2.45, 2.75) is 25.1 Å². The van der Waals surface area contributed by atoms with E-state index in [0.717, 1.165) is 32.3 Å². The third kappa shape index (κ3) is 8.00. The lowest BCUT2D eigenvalue weighted by Gasteiger charge is -2.29. The number of carbonyl (C=O) groups excluding carboxylic acids is 2. The van der Waals surface area contributed by atoms with Crippen LogP contribution < -0.4 is 25.8 Å². The number of nitrogens with one attached hydrogen (secondary N) is 2. The Balaban J connectivity index is 1.93. The van der Waals surface area contributed by atoms with Crippen molar-refractivity contribution >= 4 is 23.5 Å². The van der Waals surface area contributed by atoms with Gasteiger partial charge in [-0.3, -0.25) is 4.79 Å². The molecule has 0 saturated carbocycles. The van der Waals surface area contributed by atoms with E-state index in [4.69, 9.17) is 15.2 Å².